The van der Waals surface area contributed by atoms with Crippen molar-refractivity contribution < 1.29 is 29.0 Å². The summed E-state index contributed by atoms with van der Waals surface area (Å²) in [5.74, 6) is -0.484. The van der Waals surface area contributed by atoms with Crippen LogP contribution in [0.1, 0.15) is 71.3 Å². The van der Waals surface area contributed by atoms with Crippen LogP contribution in [0.15, 0.2) is 51.8 Å². The average Bonchev–Trinajstić information content (AvgIpc) is 2.79. The molecule has 0 amide bonds. The number of carboxylic acids is 1. The molecule has 38 heavy (non-hydrogen) atoms. The fourth-order valence-corrected chi connectivity index (χ4v) is 6.62. The highest BCUT2D eigenvalue weighted by molar-refractivity contribution is 9.10. The van der Waals surface area contributed by atoms with E-state index < -0.39 is 11.9 Å². The second kappa shape index (κ2) is 10.4. The Balaban J connectivity index is 1.99. The first kappa shape index (κ1) is 28.1. The summed E-state index contributed by atoms with van der Waals surface area (Å²) in [7, 11) is 1.55. The Hall–Kier alpha value is -2.87. The lowest BCUT2D eigenvalue weighted by molar-refractivity contribution is -0.137. The van der Waals surface area contributed by atoms with E-state index in [2.05, 4.69) is 50.2 Å². The summed E-state index contributed by atoms with van der Waals surface area (Å²) < 4.78 is 12.1. The van der Waals surface area contributed by atoms with Crippen molar-refractivity contribution in [1.29, 1.82) is 0 Å². The summed E-state index contributed by atoms with van der Waals surface area (Å²) >= 11 is 3.61. The fourth-order valence-electron chi connectivity index (χ4n) is 6.05. The lowest BCUT2D eigenvalue weighted by Crippen LogP contribution is -2.45. The fraction of sp³-hybridized carbons (Fsp3) is 0.500. The molecule has 8 heteroatoms. The Morgan fingerprint density at radius 2 is 1.63 bits per heavy atom. The largest absolute Gasteiger partial charge is 0.493 e. The smallest absolute Gasteiger partial charge is 0.305 e. The topological polar surface area (TPSA) is 93.1 Å². The molecule has 3 aliphatic rings. The van der Waals surface area contributed by atoms with Crippen molar-refractivity contribution in [2.24, 2.45) is 10.8 Å². The molecule has 1 aromatic rings. The van der Waals surface area contributed by atoms with Crippen molar-refractivity contribution in [1.82, 2.24) is 4.90 Å². The number of benzene rings is 1. The molecule has 0 saturated carbocycles. The number of carbonyl (C=O) groups excluding carboxylic acids is 2. The number of halogens is 1. The van der Waals surface area contributed by atoms with Gasteiger partial charge in [-0.25, -0.2) is 0 Å². The van der Waals surface area contributed by atoms with Gasteiger partial charge in [-0.2, -0.15) is 0 Å². The predicted octanol–water partition coefficient (Wildman–Crippen LogP) is 6.18. The third-order valence-corrected chi connectivity index (χ3v) is 8.09. The second-order valence-corrected chi connectivity index (χ2v) is 12.8. The Bertz CT molecular complexity index is 1220. The number of ketones is 2. The van der Waals surface area contributed by atoms with Crippen LogP contribution in [0.4, 0.5) is 0 Å². The van der Waals surface area contributed by atoms with E-state index in [1.165, 1.54) is 0 Å². The minimum absolute atomic E-state index is 0.00664. The highest BCUT2D eigenvalue weighted by Crippen LogP contribution is 2.55. The molecule has 1 aromatic carbocycles. The lowest BCUT2D eigenvalue weighted by Gasteiger charge is -2.49. The van der Waals surface area contributed by atoms with Crippen molar-refractivity contribution in [3.63, 3.8) is 0 Å². The normalized spacial score (nSPS) is 20.7. The van der Waals surface area contributed by atoms with E-state index >= 15 is 0 Å². The monoisotopic (exact) mass is 585 g/mol. The van der Waals surface area contributed by atoms with E-state index in [0.29, 0.717) is 59.4 Å². The number of ether oxygens (including phenoxy) is 2. The van der Waals surface area contributed by atoms with Crippen LogP contribution >= 0.6 is 15.9 Å². The predicted molar refractivity (Wildman–Crippen MR) is 148 cm³/mol. The van der Waals surface area contributed by atoms with Crippen LogP contribution in [0, 0.1) is 10.8 Å². The number of carbonyl (C=O) groups is 3. The van der Waals surface area contributed by atoms with Gasteiger partial charge in [-0.1, -0.05) is 40.3 Å². The molecule has 0 atom stereocenters. The second-order valence-electron chi connectivity index (χ2n) is 12.0. The zero-order chi connectivity index (χ0) is 28.0. The summed E-state index contributed by atoms with van der Waals surface area (Å²) in [5, 5.41) is 9.52. The maximum absolute atomic E-state index is 13.9. The van der Waals surface area contributed by atoms with E-state index in [4.69, 9.17) is 9.47 Å². The molecule has 1 aliphatic heterocycles. The minimum atomic E-state index is -0.914. The van der Waals surface area contributed by atoms with Gasteiger partial charge in [-0.3, -0.25) is 14.4 Å². The maximum atomic E-state index is 13.9. The molecule has 1 heterocycles. The number of Topliss-reactive ketones (excluding diaryl/α,β-unsaturated/α-hetero) is 2. The van der Waals surface area contributed by atoms with E-state index in [9.17, 15) is 19.5 Å². The Morgan fingerprint density at radius 3 is 2.11 bits per heavy atom. The zero-order valence-electron chi connectivity index (χ0n) is 22.8. The number of rotatable bonds is 8. The molecule has 0 unspecified atom stereocenters. The average molecular weight is 587 g/mol. The van der Waals surface area contributed by atoms with Gasteiger partial charge in [0, 0.05) is 47.8 Å². The van der Waals surface area contributed by atoms with Crippen molar-refractivity contribution in [2.75, 3.05) is 20.3 Å². The van der Waals surface area contributed by atoms with Gasteiger partial charge in [0.2, 0.25) is 0 Å². The van der Waals surface area contributed by atoms with Crippen molar-refractivity contribution >= 4 is 33.5 Å². The summed E-state index contributed by atoms with van der Waals surface area (Å²) in [6, 6.07) is 3.74. The first-order valence-electron chi connectivity index (χ1n) is 12.9. The Morgan fingerprint density at radius 1 is 1.08 bits per heavy atom. The van der Waals surface area contributed by atoms with Crippen LogP contribution in [-0.2, 0) is 14.4 Å². The van der Waals surface area contributed by atoms with Gasteiger partial charge in [-0.05, 0) is 57.3 Å². The first-order chi connectivity index (χ1) is 17.8. The Kier molecular flexibility index (Phi) is 7.67. The van der Waals surface area contributed by atoms with Crippen molar-refractivity contribution in [2.45, 2.75) is 65.7 Å². The molecule has 7 nitrogen and oxygen atoms in total. The number of aliphatic carboxylic acids is 1. The zero-order valence-corrected chi connectivity index (χ0v) is 24.4. The molecule has 0 saturated heterocycles. The molecule has 2 aliphatic carbocycles. The molecule has 4 rings (SSSR count). The van der Waals surface area contributed by atoms with Gasteiger partial charge >= 0.3 is 5.97 Å². The highest BCUT2D eigenvalue weighted by atomic mass is 79.9. The Labute approximate surface area is 232 Å². The lowest BCUT2D eigenvalue weighted by atomic mass is 9.63. The molecular formula is C30H36BrNO6. The number of nitrogens with zero attached hydrogens (tertiary/aromatic N) is 1. The number of methoxy groups -OCH3 is 1. The number of hydrogen-bond donors (Lipinski definition) is 1. The van der Waals surface area contributed by atoms with Gasteiger partial charge in [-0.15, -0.1) is 0 Å². The number of hydrogen-bond acceptors (Lipinski definition) is 6. The van der Waals surface area contributed by atoms with Crippen LogP contribution in [0.2, 0.25) is 0 Å². The standard InChI is InChI=1S/C30H36BrNO6/c1-7-10-38-28-18(31)11-17(12-23(28)37-6)25-26-19(13-29(2,3)15-21(26)33)32(9-8-24(35)36)20-14-30(4,5)16-22(34)27(20)25/h7,11-12,25H,1,8-10,13-16H2,2-6H3,(H,35,36). The minimum Gasteiger partial charge on any atom is -0.493 e. The van der Waals surface area contributed by atoms with E-state index in [1.54, 1.807) is 13.2 Å². The maximum Gasteiger partial charge on any atom is 0.305 e. The summed E-state index contributed by atoms with van der Waals surface area (Å²) in [5.41, 5.74) is 3.06. The van der Waals surface area contributed by atoms with Crippen LogP contribution in [-0.4, -0.2) is 47.8 Å². The molecule has 0 fully saturated rings. The van der Waals surface area contributed by atoms with Gasteiger partial charge in [0.15, 0.2) is 23.1 Å². The van der Waals surface area contributed by atoms with Crippen LogP contribution < -0.4 is 9.47 Å². The number of allylic oxidation sites excluding steroid dienone is 4. The SMILES string of the molecule is C=CCOc1c(Br)cc(C2C3=C(CC(C)(C)CC3=O)N(CCC(=O)O)C3=C2C(=O)CC(C)(C)C3)cc1OC. The molecular weight excluding hydrogens is 550 g/mol. The van der Waals surface area contributed by atoms with E-state index in [0.717, 1.165) is 17.0 Å². The first-order valence-corrected chi connectivity index (χ1v) is 13.7. The molecule has 0 radical (unpaired) electrons. The van der Waals surface area contributed by atoms with Gasteiger partial charge in [0.1, 0.15) is 6.61 Å². The van der Waals surface area contributed by atoms with E-state index in [1.807, 2.05) is 17.0 Å². The van der Waals surface area contributed by atoms with Crippen molar-refractivity contribution in [3.05, 3.63) is 57.4 Å². The van der Waals surface area contributed by atoms with Crippen LogP contribution in [0.5, 0.6) is 11.5 Å². The molecule has 204 valence electrons. The summed E-state index contributed by atoms with van der Waals surface area (Å²) in [6.07, 6.45) is 3.51. The third-order valence-electron chi connectivity index (χ3n) is 7.50. The summed E-state index contributed by atoms with van der Waals surface area (Å²) in [6.45, 7) is 12.5. The molecule has 0 spiro atoms. The van der Waals surface area contributed by atoms with Gasteiger partial charge in [0.05, 0.1) is 18.0 Å². The molecule has 0 aromatic heterocycles. The van der Waals surface area contributed by atoms with Gasteiger partial charge < -0.3 is 19.5 Å². The van der Waals surface area contributed by atoms with Crippen molar-refractivity contribution in [3.8, 4) is 11.5 Å². The molecule has 0 bridgehead atoms. The third kappa shape index (κ3) is 5.33. The van der Waals surface area contributed by atoms with E-state index in [-0.39, 0.29) is 35.4 Å². The molecule has 1 N–H and O–H groups in total. The van der Waals surface area contributed by atoms with Crippen LogP contribution in [0.3, 0.4) is 0 Å². The van der Waals surface area contributed by atoms with Crippen LogP contribution in [0.25, 0.3) is 0 Å². The quantitative estimate of drug-likeness (QED) is 0.364. The highest BCUT2D eigenvalue weighted by Gasteiger charge is 2.49. The number of carboxylic acid groups (broad SMARTS) is 1. The van der Waals surface area contributed by atoms with Gasteiger partial charge in [0.25, 0.3) is 0 Å². The summed E-state index contributed by atoms with van der Waals surface area (Å²) in [4.78, 5) is 41.3.